The van der Waals surface area contributed by atoms with E-state index in [9.17, 15) is 22.6 Å². The maximum Gasteiger partial charge on any atom is 0.295 e. The second-order valence-corrected chi connectivity index (χ2v) is 7.66. The van der Waals surface area contributed by atoms with E-state index < -0.39 is 26.8 Å². The molecule has 0 radical (unpaired) electrons. The van der Waals surface area contributed by atoms with Gasteiger partial charge in [0.25, 0.3) is 21.9 Å². The molecular weight excluding hydrogens is 412 g/mol. The molecule has 0 unspecified atom stereocenters. The quantitative estimate of drug-likeness (QED) is 0.341. The van der Waals surface area contributed by atoms with E-state index in [-0.39, 0.29) is 16.2 Å². The number of carbonyl (C=O) groups is 2. The Morgan fingerprint density at radius 3 is 2.33 bits per heavy atom. The van der Waals surface area contributed by atoms with Gasteiger partial charge in [0.2, 0.25) is 0 Å². The molecule has 138 valence electrons. The highest BCUT2D eigenvalue weighted by Gasteiger charge is 2.34. The Hall–Kier alpha value is -2.59. The molecule has 2 amide bonds. The first-order chi connectivity index (χ1) is 12.7. The zero-order valence-corrected chi connectivity index (χ0v) is 15.8. The third-order valence-corrected chi connectivity index (χ3v) is 5.15. The first-order valence-electron chi connectivity index (χ1n) is 7.42. The van der Waals surface area contributed by atoms with Gasteiger partial charge >= 0.3 is 0 Å². The Bertz CT molecular complexity index is 1090. The number of anilines is 1. The van der Waals surface area contributed by atoms with Crippen molar-refractivity contribution in [3.05, 3.63) is 64.7 Å². The molecule has 2 aromatic rings. The summed E-state index contributed by atoms with van der Waals surface area (Å²) < 4.78 is 32.4. The molecule has 10 heteroatoms. The Morgan fingerprint density at radius 2 is 1.70 bits per heavy atom. The zero-order valence-electron chi connectivity index (χ0n) is 13.4. The van der Waals surface area contributed by atoms with Gasteiger partial charge in [0.1, 0.15) is 10.5 Å². The van der Waals surface area contributed by atoms with Gasteiger partial charge < -0.3 is 0 Å². The smallest absolute Gasteiger partial charge is 0.295 e. The predicted octanol–water partition coefficient (Wildman–Crippen LogP) is 2.42. The van der Waals surface area contributed by atoms with Gasteiger partial charge in [0, 0.05) is 5.02 Å². The van der Waals surface area contributed by atoms with E-state index in [1.54, 1.807) is 24.3 Å². The van der Waals surface area contributed by atoms with E-state index in [1.165, 1.54) is 18.2 Å². The molecule has 3 rings (SSSR count). The van der Waals surface area contributed by atoms with Crippen LogP contribution in [0.15, 0.2) is 59.0 Å². The van der Waals surface area contributed by atoms with Gasteiger partial charge in [-0.2, -0.15) is 8.42 Å². The van der Waals surface area contributed by atoms with Gasteiger partial charge in [-0.15, -0.1) is 0 Å². The summed E-state index contributed by atoms with van der Waals surface area (Å²) in [5.41, 5.74) is 0.0281. The lowest BCUT2D eigenvalue weighted by Gasteiger charge is -2.29. The van der Waals surface area contributed by atoms with Crippen molar-refractivity contribution >= 4 is 62.6 Å². The maximum atomic E-state index is 12.9. The summed E-state index contributed by atoms with van der Waals surface area (Å²) in [5.74, 6) is -1.52. The van der Waals surface area contributed by atoms with Crippen molar-refractivity contribution in [2.24, 2.45) is 0 Å². The molecule has 7 nitrogen and oxygen atoms in total. The highest BCUT2D eigenvalue weighted by molar-refractivity contribution is 7.86. The SMILES string of the molecule is O=C1NC(=S)N(c2ccc(Cl)cc2)C(=O)/C1=C/c1ccccc1S(=O)(=O)O. The zero-order chi connectivity index (χ0) is 19.8. The Balaban J connectivity index is 2.09. The largest absolute Gasteiger partial charge is 0.298 e. The normalized spacial score (nSPS) is 16.6. The average molecular weight is 423 g/mol. The van der Waals surface area contributed by atoms with E-state index in [1.807, 2.05) is 0 Å². The van der Waals surface area contributed by atoms with E-state index in [0.717, 1.165) is 17.0 Å². The Labute approximate surface area is 165 Å². The molecule has 1 aliphatic rings. The van der Waals surface area contributed by atoms with Gasteiger partial charge in [-0.3, -0.25) is 24.4 Å². The molecule has 2 N–H and O–H groups in total. The number of amides is 2. The number of halogens is 1. The molecule has 0 saturated carbocycles. The fraction of sp³-hybridized carbons (Fsp3) is 0. The van der Waals surface area contributed by atoms with Crippen LogP contribution in [0.5, 0.6) is 0 Å². The summed E-state index contributed by atoms with van der Waals surface area (Å²) in [4.78, 5) is 25.8. The van der Waals surface area contributed by atoms with Crippen LogP contribution < -0.4 is 10.2 Å². The van der Waals surface area contributed by atoms with Crippen LogP contribution in [-0.4, -0.2) is 29.9 Å². The minimum atomic E-state index is -4.54. The minimum Gasteiger partial charge on any atom is -0.298 e. The molecule has 0 bridgehead atoms. The molecular formula is C17H11ClN2O5S2. The predicted molar refractivity (Wildman–Crippen MR) is 104 cm³/mol. The Morgan fingerprint density at radius 1 is 1.07 bits per heavy atom. The maximum absolute atomic E-state index is 12.9. The van der Waals surface area contributed by atoms with Crippen molar-refractivity contribution in [3.63, 3.8) is 0 Å². The summed E-state index contributed by atoms with van der Waals surface area (Å²) >= 11 is 10.9. The second kappa shape index (κ2) is 7.20. The number of carbonyl (C=O) groups excluding carboxylic acids is 2. The van der Waals surface area contributed by atoms with Crippen molar-refractivity contribution < 1.29 is 22.6 Å². The molecule has 1 saturated heterocycles. The molecule has 27 heavy (non-hydrogen) atoms. The number of hydrogen-bond donors (Lipinski definition) is 2. The lowest BCUT2D eigenvalue weighted by molar-refractivity contribution is -0.122. The number of hydrogen-bond acceptors (Lipinski definition) is 5. The summed E-state index contributed by atoms with van der Waals surface area (Å²) in [6.07, 6.45) is 1.09. The van der Waals surface area contributed by atoms with Crippen LogP contribution in [0.1, 0.15) is 5.56 Å². The number of thiocarbonyl (C=S) groups is 1. The van der Waals surface area contributed by atoms with Gasteiger partial charge in [-0.05, 0) is 54.2 Å². The first-order valence-corrected chi connectivity index (χ1v) is 9.64. The van der Waals surface area contributed by atoms with Gasteiger partial charge in [-0.25, -0.2) is 0 Å². The standard InChI is InChI=1S/C17H11ClN2O5S2/c18-11-5-7-12(8-6-11)20-16(22)13(15(21)19-17(20)26)9-10-3-1-2-4-14(10)27(23,24)25/h1-9H,(H,19,21,26)(H,23,24,25)/b13-9+. The van der Waals surface area contributed by atoms with E-state index in [2.05, 4.69) is 5.32 Å². The van der Waals surface area contributed by atoms with Gasteiger partial charge in [0.15, 0.2) is 5.11 Å². The summed E-state index contributed by atoms with van der Waals surface area (Å²) in [6, 6.07) is 11.6. The average Bonchev–Trinajstić information content (AvgIpc) is 2.59. The van der Waals surface area contributed by atoms with Crippen molar-refractivity contribution in [2.45, 2.75) is 4.90 Å². The summed E-state index contributed by atoms with van der Waals surface area (Å²) in [7, 11) is -4.54. The lowest BCUT2D eigenvalue weighted by Crippen LogP contribution is -2.54. The van der Waals surface area contributed by atoms with Crippen molar-refractivity contribution in [1.29, 1.82) is 0 Å². The topological polar surface area (TPSA) is 104 Å². The number of benzene rings is 2. The van der Waals surface area contributed by atoms with Gasteiger partial charge in [-0.1, -0.05) is 29.8 Å². The van der Waals surface area contributed by atoms with Crippen LogP contribution in [0.25, 0.3) is 6.08 Å². The van der Waals surface area contributed by atoms with Crippen LogP contribution in [0, 0.1) is 0 Å². The third kappa shape index (κ3) is 3.91. The minimum absolute atomic E-state index is 0.0117. The second-order valence-electron chi connectivity index (χ2n) is 5.45. The number of nitrogens with zero attached hydrogens (tertiary/aromatic N) is 1. The molecule has 1 heterocycles. The molecule has 1 aliphatic heterocycles. The fourth-order valence-electron chi connectivity index (χ4n) is 2.47. The summed E-state index contributed by atoms with van der Waals surface area (Å²) in [5, 5.41) is 2.72. The lowest BCUT2D eigenvalue weighted by atomic mass is 10.1. The fourth-order valence-corrected chi connectivity index (χ4v) is 3.55. The monoisotopic (exact) mass is 422 g/mol. The van der Waals surface area contributed by atoms with Crippen molar-refractivity contribution in [2.75, 3.05) is 4.90 Å². The third-order valence-electron chi connectivity index (χ3n) is 3.68. The number of nitrogens with one attached hydrogen (secondary N) is 1. The van der Waals surface area contributed by atoms with E-state index >= 15 is 0 Å². The summed E-state index contributed by atoms with van der Waals surface area (Å²) in [6.45, 7) is 0. The molecule has 1 fully saturated rings. The van der Waals surface area contributed by atoms with Crippen molar-refractivity contribution in [1.82, 2.24) is 5.32 Å². The van der Waals surface area contributed by atoms with E-state index in [0.29, 0.717) is 10.7 Å². The highest BCUT2D eigenvalue weighted by Crippen LogP contribution is 2.25. The van der Waals surface area contributed by atoms with Crippen LogP contribution >= 0.6 is 23.8 Å². The first kappa shape index (κ1) is 19.2. The molecule has 0 aromatic heterocycles. The molecule has 0 spiro atoms. The molecule has 2 aromatic carbocycles. The molecule has 0 aliphatic carbocycles. The van der Waals surface area contributed by atoms with Gasteiger partial charge in [0.05, 0.1) is 5.69 Å². The van der Waals surface area contributed by atoms with Crippen LogP contribution in [-0.2, 0) is 19.7 Å². The van der Waals surface area contributed by atoms with Crippen molar-refractivity contribution in [3.8, 4) is 0 Å². The van der Waals surface area contributed by atoms with E-state index in [4.69, 9.17) is 23.8 Å². The van der Waals surface area contributed by atoms with Crippen LogP contribution in [0.4, 0.5) is 5.69 Å². The van der Waals surface area contributed by atoms with Crippen LogP contribution in [0.3, 0.4) is 0 Å². The van der Waals surface area contributed by atoms with Crippen LogP contribution in [0.2, 0.25) is 5.02 Å². The highest BCUT2D eigenvalue weighted by atomic mass is 35.5. The number of rotatable bonds is 3. The molecule has 0 atom stereocenters. The Kier molecular flexibility index (Phi) is 5.11.